The number of aliphatic carboxylic acids is 2. The molecule has 0 saturated carbocycles. The van der Waals surface area contributed by atoms with Gasteiger partial charge in [-0.15, -0.1) is 0 Å². The molecule has 0 aromatic carbocycles. The molecule has 0 aliphatic carbocycles. The minimum Gasteiger partial charge on any atom is -0.481 e. The van der Waals surface area contributed by atoms with E-state index in [-0.39, 0.29) is 18.5 Å². The van der Waals surface area contributed by atoms with Crippen LogP contribution >= 0.6 is 0 Å². The van der Waals surface area contributed by atoms with Crippen LogP contribution in [0.5, 0.6) is 0 Å². The third kappa shape index (κ3) is 11.0. The number of carboxylic acid groups (broad SMARTS) is 2. The summed E-state index contributed by atoms with van der Waals surface area (Å²) in [7, 11) is 8.04. The molecule has 0 spiro atoms. The quantitative estimate of drug-likeness (QED) is 0.354. The zero-order valence-corrected chi connectivity index (χ0v) is 19.0. The molecular weight excluding hydrogens is 356 g/mol. The third-order valence-corrected chi connectivity index (χ3v) is 6.14. The number of hydrogen-bond donors (Lipinski definition) is 2. The highest BCUT2D eigenvalue weighted by atomic mass is 16.4. The molecule has 0 fully saturated rings. The van der Waals surface area contributed by atoms with Gasteiger partial charge in [0.25, 0.3) is 0 Å². The first-order valence-electron chi connectivity index (χ1n) is 10.8. The fourth-order valence-electron chi connectivity index (χ4n) is 3.69. The standard InChI is InChI=1S/C22H44N2O4/c1-18(23(3)4)16-22(21(27)28,17-19(2)24(5)6)15-13-11-9-7-8-10-12-14-20(25)26/h18-19H,7-17H2,1-6H3,(H,25,26)(H,27,28). The van der Waals surface area contributed by atoms with Crippen LogP contribution in [0.3, 0.4) is 0 Å². The lowest BCUT2D eigenvalue weighted by atomic mass is 9.72. The topological polar surface area (TPSA) is 81.1 Å². The normalized spacial score (nSPS) is 16.1. The predicted molar refractivity (Wildman–Crippen MR) is 115 cm³/mol. The Kier molecular flexibility index (Phi) is 13.4. The van der Waals surface area contributed by atoms with Crippen molar-refractivity contribution in [2.45, 2.75) is 96.6 Å². The van der Waals surface area contributed by atoms with Crippen molar-refractivity contribution in [3.05, 3.63) is 0 Å². The van der Waals surface area contributed by atoms with Gasteiger partial charge in [-0.3, -0.25) is 9.59 Å². The van der Waals surface area contributed by atoms with Gasteiger partial charge < -0.3 is 20.0 Å². The van der Waals surface area contributed by atoms with E-state index in [1.54, 1.807) is 0 Å². The predicted octanol–water partition coefficient (Wildman–Crippen LogP) is 4.33. The van der Waals surface area contributed by atoms with Crippen molar-refractivity contribution in [3.63, 3.8) is 0 Å². The average Bonchev–Trinajstić information content (AvgIpc) is 2.59. The molecule has 2 unspecified atom stereocenters. The Morgan fingerprint density at radius 3 is 1.50 bits per heavy atom. The summed E-state index contributed by atoms with van der Waals surface area (Å²) in [4.78, 5) is 27.1. The zero-order valence-electron chi connectivity index (χ0n) is 19.0. The van der Waals surface area contributed by atoms with Crippen LogP contribution in [0.4, 0.5) is 0 Å². The highest BCUT2D eigenvalue weighted by Gasteiger charge is 2.41. The molecule has 28 heavy (non-hydrogen) atoms. The van der Waals surface area contributed by atoms with Gasteiger partial charge >= 0.3 is 11.9 Å². The summed E-state index contributed by atoms with van der Waals surface area (Å²) < 4.78 is 0. The number of nitrogens with zero attached hydrogens (tertiary/aromatic N) is 2. The molecule has 0 aromatic heterocycles. The second-order valence-electron chi connectivity index (χ2n) is 8.99. The van der Waals surface area contributed by atoms with E-state index in [2.05, 4.69) is 23.6 Å². The third-order valence-electron chi connectivity index (χ3n) is 6.14. The van der Waals surface area contributed by atoms with E-state index in [0.717, 1.165) is 51.4 Å². The van der Waals surface area contributed by atoms with Crippen LogP contribution in [0.15, 0.2) is 0 Å². The summed E-state index contributed by atoms with van der Waals surface area (Å²) in [5, 5.41) is 18.8. The first-order valence-corrected chi connectivity index (χ1v) is 10.8. The van der Waals surface area contributed by atoms with Crippen LogP contribution < -0.4 is 0 Å². The molecule has 0 aliphatic heterocycles. The Bertz CT molecular complexity index is 436. The number of hydrogen-bond acceptors (Lipinski definition) is 4. The molecule has 6 nitrogen and oxygen atoms in total. The van der Waals surface area contributed by atoms with Gasteiger partial charge in [0.2, 0.25) is 0 Å². The monoisotopic (exact) mass is 400 g/mol. The van der Waals surface area contributed by atoms with Gasteiger partial charge in [-0.2, -0.15) is 0 Å². The van der Waals surface area contributed by atoms with Crippen molar-refractivity contribution in [1.82, 2.24) is 9.80 Å². The molecule has 0 rings (SSSR count). The maximum absolute atomic E-state index is 12.3. The fourth-order valence-corrected chi connectivity index (χ4v) is 3.69. The van der Waals surface area contributed by atoms with E-state index in [0.29, 0.717) is 12.8 Å². The maximum atomic E-state index is 12.3. The van der Waals surface area contributed by atoms with Crippen LogP contribution in [0, 0.1) is 5.41 Å². The Morgan fingerprint density at radius 2 is 1.14 bits per heavy atom. The van der Waals surface area contributed by atoms with Gasteiger partial charge in [0.05, 0.1) is 5.41 Å². The van der Waals surface area contributed by atoms with Crippen molar-refractivity contribution in [2.24, 2.45) is 5.41 Å². The van der Waals surface area contributed by atoms with E-state index < -0.39 is 17.4 Å². The van der Waals surface area contributed by atoms with Gasteiger partial charge in [0, 0.05) is 18.5 Å². The van der Waals surface area contributed by atoms with Crippen molar-refractivity contribution < 1.29 is 19.8 Å². The van der Waals surface area contributed by atoms with Crippen LogP contribution in [0.1, 0.15) is 84.5 Å². The lowest BCUT2D eigenvalue weighted by molar-refractivity contribution is -0.152. The highest BCUT2D eigenvalue weighted by molar-refractivity contribution is 5.74. The van der Waals surface area contributed by atoms with E-state index in [4.69, 9.17) is 5.11 Å². The first-order chi connectivity index (χ1) is 13.0. The molecule has 0 aromatic rings. The van der Waals surface area contributed by atoms with Gasteiger partial charge in [-0.25, -0.2) is 0 Å². The van der Waals surface area contributed by atoms with Crippen LogP contribution in [0.25, 0.3) is 0 Å². The molecule has 0 radical (unpaired) electrons. The first kappa shape index (κ1) is 26.9. The van der Waals surface area contributed by atoms with Crippen molar-refractivity contribution in [2.75, 3.05) is 28.2 Å². The van der Waals surface area contributed by atoms with E-state index >= 15 is 0 Å². The lowest BCUT2D eigenvalue weighted by Gasteiger charge is -2.37. The number of carbonyl (C=O) groups is 2. The molecule has 0 heterocycles. The van der Waals surface area contributed by atoms with Crippen LogP contribution in [-0.4, -0.2) is 72.2 Å². The Balaban J connectivity index is 4.62. The Hall–Kier alpha value is -1.14. The number of rotatable bonds is 17. The zero-order chi connectivity index (χ0) is 21.7. The molecule has 2 N–H and O–H groups in total. The van der Waals surface area contributed by atoms with E-state index in [1.165, 1.54) is 0 Å². The minimum atomic E-state index is -0.719. The van der Waals surface area contributed by atoms with Crippen molar-refractivity contribution in [1.29, 1.82) is 0 Å². The van der Waals surface area contributed by atoms with Crippen LogP contribution in [0.2, 0.25) is 0 Å². The molecule has 166 valence electrons. The van der Waals surface area contributed by atoms with Gasteiger partial charge in [-0.1, -0.05) is 38.5 Å². The largest absolute Gasteiger partial charge is 0.481 e. The molecule has 0 aliphatic rings. The second kappa shape index (κ2) is 13.9. The number of carboxylic acids is 2. The molecular formula is C22H44N2O4. The lowest BCUT2D eigenvalue weighted by Crippen LogP contribution is -2.43. The van der Waals surface area contributed by atoms with E-state index in [9.17, 15) is 14.7 Å². The van der Waals surface area contributed by atoms with Crippen molar-refractivity contribution >= 4 is 11.9 Å². The summed E-state index contributed by atoms with van der Waals surface area (Å²) in [6, 6.07) is 0.444. The molecule has 0 saturated heterocycles. The summed E-state index contributed by atoms with van der Waals surface area (Å²) >= 11 is 0. The average molecular weight is 401 g/mol. The van der Waals surface area contributed by atoms with Gasteiger partial charge in [0.15, 0.2) is 0 Å². The summed E-state index contributed by atoms with van der Waals surface area (Å²) in [6.45, 7) is 4.21. The maximum Gasteiger partial charge on any atom is 0.309 e. The minimum absolute atomic E-state index is 0.222. The van der Waals surface area contributed by atoms with Crippen molar-refractivity contribution in [3.8, 4) is 0 Å². The highest BCUT2D eigenvalue weighted by Crippen LogP contribution is 2.38. The Labute approximate surface area is 172 Å². The fraction of sp³-hybridized carbons (Fsp3) is 0.909. The SMILES string of the molecule is CC(CC(CCCCCCCCCC(=O)O)(CC(C)N(C)C)C(=O)O)N(C)C. The summed E-state index contributed by atoms with van der Waals surface area (Å²) in [5.41, 5.74) is -0.686. The van der Waals surface area contributed by atoms with Gasteiger partial charge in [0.1, 0.15) is 0 Å². The smallest absolute Gasteiger partial charge is 0.309 e. The van der Waals surface area contributed by atoms with Gasteiger partial charge in [-0.05, 0) is 67.7 Å². The Morgan fingerprint density at radius 1 is 0.750 bits per heavy atom. The summed E-state index contributed by atoms with van der Waals surface area (Å²) in [6.07, 6.45) is 9.26. The van der Waals surface area contributed by atoms with E-state index in [1.807, 2.05) is 28.2 Å². The van der Waals surface area contributed by atoms with Crippen LogP contribution in [-0.2, 0) is 9.59 Å². The molecule has 0 amide bonds. The molecule has 0 bridgehead atoms. The molecule has 2 atom stereocenters. The second-order valence-corrected chi connectivity index (χ2v) is 8.99. The summed E-state index contributed by atoms with van der Waals surface area (Å²) in [5.74, 6) is -1.38. The molecule has 6 heteroatoms. The number of unbranched alkanes of at least 4 members (excludes halogenated alkanes) is 6.